The van der Waals surface area contributed by atoms with E-state index in [9.17, 15) is 8.42 Å². The number of anilines is 2. The number of benzene rings is 1. The number of fused-ring (bicyclic) bond motifs is 1. The average Bonchev–Trinajstić information content (AvgIpc) is 2.92. The second kappa shape index (κ2) is 5.16. The number of imidazole rings is 1. The molecule has 0 saturated heterocycles. The molecule has 3 rings (SSSR count). The normalized spacial score (nSPS) is 11.9. The first-order valence-corrected chi connectivity index (χ1v) is 9.11. The topological polar surface area (TPSA) is 89.5 Å². The second-order valence-electron chi connectivity index (χ2n) is 4.09. The summed E-state index contributed by atoms with van der Waals surface area (Å²) in [7, 11) is -3.89. The molecule has 0 aliphatic heterocycles. The first-order valence-electron chi connectivity index (χ1n) is 5.57. The van der Waals surface area contributed by atoms with E-state index in [4.69, 9.17) is 17.3 Å². The van der Waals surface area contributed by atoms with Crippen LogP contribution in [0.1, 0.15) is 0 Å². The van der Waals surface area contributed by atoms with Crippen molar-refractivity contribution in [3.05, 3.63) is 39.3 Å². The molecule has 110 valence electrons. The zero-order valence-corrected chi connectivity index (χ0v) is 14.2. The van der Waals surface area contributed by atoms with Crippen molar-refractivity contribution in [2.45, 2.75) is 5.03 Å². The number of nitrogens with zero attached hydrogens (tertiary/aromatic N) is 2. The molecule has 1 aromatic carbocycles. The van der Waals surface area contributed by atoms with Crippen LogP contribution in [0.5, 0.6) is 0 Å². The number of nitrogen functional groups attached to an aromatic ring is 1. The Hall–Kier alpha value is -1.29. The van der Waals surface area contributed by atoms with Crippen LogP contribution in [0.3, 0.4) is 0 Å². The minimum Gasteiger partial charge on any atom is -0.381 e. The molecular weight excluding hydrogens is 400 g/mol. The summed E-state index contributed by atoms with van der Waals surface area (Å²) in [6, 6.07) is 4.80. The van der Waals surface area contributed by atoms with Gasteiger partial charge in [-0.1, -0.05) is 11.6 Å². The summed E-state index contributed by atoms with van der Waals surface area (Å²) in [6.07, 6.45) is 1.60. The SMILES string of the molecule is Nc1nc2sccn2c1S(=O)(=O)Nc1cc(Cl)ccc1Br. The van der Waals surface area contributed by atoms with Gasteiger partial charge in [-0.25, -0.2) is 4.98 Å². The van der Waals surface area contributed by atoms with Gasteiger partial charge in [0.25, 0.3) is 10.0 Å². The summed E-state index contributed by atoms with van der Waals surface area (Å²) >= 11 is 10.5. The molecular formula is C11H8BrClN4O2S2. The Balaban J connectivity index is 2.10. The van der Waals surface area contributed by atoms with Crippen LogP contribution in [0.25, 0.3) is 4.96 Å². The number of sulfonamides is 1. The standard InChI is InChI=1S/C11H8BrClN4O2S2/c12-7-2-1-6(13)5-8(7)16-21(18,19)10-9(14)15-11-17(10)3-4-20-11/h1-5,16H,14H2. The zero-order chi connectivity index (χ0) is 15.2. The predicted molar refractivity (Wildman–Crippen MR) is 87.4 cm³/mol. The molecule has 0 aliphatic rings. The van der Waals surface area contributed by atoms with Crippen LogP contribution in [0.2, 0.25) is 5.02 Å². The van der Waals surface area contributed by atoms with Gasteiger partial charge in [-0.15, -0.1) is 11.3 Å². The molecule has 0 saturated carbocycles. The largest absolute Gasteiger partial charge is 0.381 e. The number of aromatic nitrogens is 2. The Bertz CT molecular complexity index is 935. The van der Waals surface area contributed by atoms with E-state index in [0.29, 0.717) is 20.1 Å². The van der Waals surface area contributed by atoms with Gasteiger partial charge < -0.3 is 5.73 Å². The van der Waals surface area contributed by atoms with E-state index in [1.54, 1.807) is 23.7 Å². The Labute approximate surface area is 137 Å². The van der Waals surface area contributed by atoms with Crippen LogP contribution >= 0.6 is 38.9 Å². The molecule has 0 spiro atoms. The first kappa shape index (κ1) is 14.6. The molecule has 2 heterocycles. The predicted octanol–water partition coefficient (Wildman–Crippen LogP) is 3.19. The van der Waals surface area contributed by atoms with Crippen LogP contribution in [0.15, 0.2) is 39.3 Å². The molecule has 0 radical (unpaired) electrons. The van der Waals surface area contributed by atoms with Gasteiger partial charge in [0, 0.05) is 21.1 Å². The summed E-state index contributed by atoms with van der Waals surface area (Å²) in [5, 5.41) is 2.05. The Kier molecular flexibility index (Phi) is 3.60. The molecule has 3 aromatic rings. The van der Waals surface area contributed by atoms with Gasteiger partial charge in [-0.2, -0.15) is 8.42 Å². The maximum absolute atomic E-state index is 12.5. The zero-order valence-electron chi connectivity index (χ0n) is 10.2. The highest BCUT2D eigenvalue weighted by molar-refractivity contribution is 9.10. The van der Waals surface area contributed by atoms with Crippen LogP contribution < -0.4 is 10.5 Å². The molecule has 6 nitrogen and oxygen atoms in total. The van der Waals surface area contributed by atoms with Gasteiger partial charge in [0.15, 0.2) is 10.8 Å². The minimum atomic E-state index is -3.89. The lowest BCUT2D eigenvalue weighted by molar-refractivity contribution is 0.597. The summed E-state index contributed by atoms with van der Waals surface area (Å²) in [5.74, 6) is -0.0486. The van der Waals surface area contributed by atoms with Crippen molar-refractivity contribution in [3.8, 4) is 0 Å². The molecule has 10 heteroatoms. The van der Waals surface area contributed by atoms with Crippen LogP contribution in [0.4, 0.5) is 11.5 Å². The highest BCUT2D eigenvalue weighted by Crippen LogP contribution is 2.30. The van der Waals surface area contributed by atoms with E-state index in [2.05, 4.69) is 25.6 Å². The maximum Gasteiger partial charge on any atom is 0.281 e. The number of nitrogens with one attached hydrogen (secondary N) is 1. The third kappa shape index (κ3) is 2.61. The molecule has 3 N–H and O–H groups in total. The summed E-state index contributed by atoms with van der Waals surface area (Å²) in [5.41, 5.74) is 6.05. The lowest BCUT2D eigenvalue weighted by atomic mass is 10.3. The van der Waals surface area contributed by atoms with Gasteiger partial charge in [0.1, 0.15) is 0 Å². The molecule has 0 amide bonds. The first-order chi connectivity index (χ1) is 9.88. The molecule has 0 fully saturated rings. The van der Waals surface area contributed by atoms with Crippen molar-refractivity contribution in [2.75, 3.05) is 10.5 Å². The fourth-order valence-electron chi connectivity index (χ4n) is 1.82. The number of hydrogen-bond donors (Lipinski definition) is 2. The van der Waals surface area contributed by atoms with Crippen molar-refractivity contribution in [1.82, 2.24) is 9.38 Å². The maximum atomic E-state index is 12.5. The van der Waals surface area contributed by atoms with Gasteiger partial charge in [0.2, 0.25) is 5.03 Å². The minimum absolute atomic E-state index is 0.0486. The number of nitrogens with two attached hydrogens (primary N) is 1. The van der Waals surface area contributed by atoms with Crippen LogP contribution in [0, 0.1) is 0 Å². The highest BCUT2D eigenvalue weighted by Gasteiger charge is 2.25. The van der Waals surface area contributed by atoms with E-state index in [0.717, 1.165) is 0 Å². The molecule has 0 atom stereocenters. The molecule has 0 unspecified atom stereocenters. The van der Waals surface area contributed by atoms with E-state index in [1.165, 1.54) is 21.8 Å². The van der Waals surface area contributed by atoms with Crippen LogP contribution in [-0.4, -0.2) is 17.8 Å². The smallest absolute Gasteiger partial charge is 0.281 e. The third-order valence-electron chi connectivity index (χ3n) is 2.67. The molecule has 21 heavy (non-hydrogen) atoms. The second-order valence-corrected chi connectivity index (χ2v) is 7.85. The van der Waals surface area contributed by atoms with Gasteiger partial charge in [0.05, 0.1) is 5.69 Å². The number of hydrogen-bond acceptors (Lipinski definition) is 5. The summed E-state index contributed by atoms with van der Waals surface area (Å²) in [6.45, 7) is 0. The summed E-state index contributed by atoms with van der Waals surface area (Å²) < 4.78 is 29.6. The Morgan fingerprint density at radius 3 is 2.95 bits per heavy atom. The molecule has 0 bridgehead atoms. The van der Waals surface area contributed by atoms with Crippen molar-refractivity contribution in [3.63, 3.8) is 0 Å². The van der Waals surface area contributed by atoms with E-state index < -0.39 is 10.0 Å². The number of rotatable bonds is 3. The summed E-state index contributed by atoms with van der Waals surface area (Å²) in [4.78, 5) is 4.54. The van der Waals surface area contributed by atoms with Gasteiger partial charge in [-0.05, 0) is 34.1 Å². The number of halogens is 2. The molecule has 2 aromatic heterocycles. The quantitative estimate of drug-likeness (QED) is 0.698. The van der Waals surface area contributed by atoms with Crippen molar-refractivity contribution >= 4 is 65.4 Å². The van der Waals surface area contributed by atoms with Crippen LogP contribution in [-0.2, 0) is 10.0 Å². The van der Waals surface area contributed by atoms with Gasteiger partial charge >= 0.3 is 0 Å². The van der Waals surface area contributed by atoms with Crippen molar-refractivity contribution in [1.29, 1.82) is 0 Å². The lowest BCUT2D eigenvalue weighted by Gasteiger charge is -2.10. The fourth-order valence-corrected chi connectivity index (χ4v) is 4.53. The number of thiazole rings is 1. The highest BCUT2D eigenvalue weighted by atomic mass is 79.9. The molecule has 0 aliphatic carbocycles. The Morgan fingerprint density at radius 2 is 2.19 bits per heavy atom. The van der Waals surface area contributed by atoms with Crippen molar-refractivity contribution < 1.29 is 8.42 Å². The van der Waals surface area contributed by atoms with E-state index in [1.807, 2.05) is 0 Å². The lowest BCUT2D eigenvalue weighted by Crippen LogP contribution is -2.16. The average molecular weight is 408 g/mol. The third-order valence-corrected chi connectivity index (χ3v) is 5.76. The van der Waals surface area contributed by atoms with E-state index >= 15 is 0 Å². The fraction of sp³-hybridized carbons (Fsp3) is 0. The van der Waals surface area contributed by atoms with E-state index in [-0.39, 0.29) is 10.8 Å². The van der Waals surface area contributed by atoms with Crippen molar-refractivity contribution in [2.24, 2.45) is 0 Å². The monoisotopic (exact) mass is 406 g/mol. The van der Waals surface area contributed by atoms with Gasteiger partial charge in [-0.3, -0.25) is 9.12 Å². The Morgan fingerprint density at radius 1 is 1.43 bits per heavy atom.